The van der Waals surface area contributed by atoms with Gasteiger partial charge in [0.1, 0.15) is 0 Å². The fraction of sp³-hybridized carbons (Fsp3) is 0.158. The van der Waals surface area contributed by atoms with Crippen molar-refractivity contribution in [2.75, 3.05) is 14.2 Å². The van der Waals surface area contributed by atoms with E-state index in [1.807, 2.05) is 0 Å². The maximum absolute atomic E-state index is 11.9. The predicted octanol–water partition coefficient (Wildman–Crippen LogP) is 2.97. The molecule has 0 saturated heterocycles. The number of amides is 1. The van der Waals surface area contributed by atoms with Gasteiger partial charge in [-0.25, -0.2) is 5.43 Å². The lowest BCUT2D eigenvalue weighted by Gasteiger charge is -2.08. The average Bonchev–Trinajstić information content (AvgIpc) is 2.67. The van der Waals surface area contributed by atoms with E-state index in [-0.39, 0.29) is 18.0 Å². The molecule has 0 aliphatic heterocycles. The number of nitro benzene ring substituents is 1. The fourth-order valence-corrected chi connectivity index (χ4v) is 2.26. The van der Waals surface area contributed by atoms with Crippen LogP contribution in [0.3, 0.4) is 0 Å². The number of nitrogens with zero attached hydrogens (tertiary/aromatic N) is 2. The van der Waals surface area contributed by atoms with Crippen LogP contribution in [-0.4, -0.2) is 31.3 Å². The van der Waals surface area contributed by atoms with Gasteiger partial charge in [-0.05, 0) is 29.3 Å². The van der Waals surface area contributed by atoms with Gasteiger partial charge < -0.3 is 9.47 Å². The Hall–Kier alpha value is -3.68. The number of nitrogens with one attached hydrogen (secondary N) is 1. The minimum absolute atomic E-state index is 0.0114. The lowest BCUT2D eigenvalue weighted by atomic mass is 10.1. The van der Waals surface area contributed by atoms with Gasteiger partial charge in [-0.2, -0.15) is 5.10 Å². The zero-order chi connectivity index (χ0) is 19.6. The van der Waals surface area contributed by atoms with E-state index in [0.29, 0.717) is 17.1 Å². The number of rotatable bonds is 8. The number of hydrazone groups is 1. The molecule has 2 rings (SSSR count). The number of hydrogen-bond acceptors (Lipinski definition) is 6. The van der Waals surface area contributed by atoms with Gasteiger partial charge in [-0.3, -0.25) is 14.9 Å². The molecule has 1 amide bonds. The van der Waals surface area contributed by atoms with Crippen LogP contribution in [0.2, 0.25) is 0 Å². The van der Waals surface area contributed by atoms with Crippen molar-refractivity contribution in [2.45, 2.75) is 6.42 Å². The number of hydrogen-bond donors (Lipinski definition) is 1. The molecule has 0 atom stereocenters. The Balaban J connectivity index is 1.88. The first-order valence-corrected chi connectivity index (χ1v) is 7.97. The molecule has 0 spiro atoms. The molecule has 0 heterocycles. The SMILES string of the molecule is COc1ccc(CC(=O)N/N=C/C=C/c2cccc([N+](=O)[O-])c2)cc1OC. The summed E-state index contributed by atoms with van der Waals surface area (Å²) in [7, 11) is 3.07. The molecule has 8 heteroatoms. The van der Waals surface area contributed by atoms with E-state index in [1.54, 1.807) is 49.6 Å². The summed E-state index contributed by atoms with van der Waals surface area (Å²) in [6, 6.07) is 11.4. The molecule has 27 heavy (non-hydrogen) atoms. The molecule has 2 aromatic rings. The zero-order valence-corrected chi connectivity index (χ0v) is 14.9. The standard InChI is InChI=1S/C19H19N3O5/c1-26-17-9-8-15(12-18(17)27-2)13-19(23)21-20-10-4-6-14-5-3-7-16(11-14)22(24)25/h3-12H,13H2,1-2H3,(H,21,23)/b6-4+,20-10+. The molecule has 0 unspecified atom stereocenters. The number of methoxy groups -OCH3 is 2. The van der Waals surface area contributed by atoms with Gasteiger partial charge in [-0.1, -0.05) is 24.3 Å². The van der Waals surface area contributed by atoms with Crippen molar-refractivity contribution in [3.05, 3.63) is 69.8 Å². The molecule has 1 N–H and O–H groups in total. The van der Waals surface area contributed by atoms with Crippen LogP contribution in [0.5, 0.6) is 11.5 Å². The lowest BCUT2D eigenvalue weighted by Crippen LogP contribution is -2.19. The summed E-state index contributed by atoms with van der Waals surface area (Å²) in [5, 5.41) is 14.5. The molecular weight excluding hydrogens is 350 g/mol. The molecule has 140 valence electrons. The van der Waals surface area contributed by atoms with Crippen LogP contribution in [0.15, 0.2) is 53.6 Å². The highest BCUT2D eigenvalue weighted by Gasteiger charge is 2.07. The third-order valence-corrected chi connectivity index (χ3v) is 3.53. The van der Waals surface area contributed by atoms with Crippen molar-refractivity contribution in [1.29, 1.82) is 0 Å². The Labute approximate surface area is 156 Å². The number of carbonyl (C=O) groups is 1. The largest absolute Gasteiger partial charge is 0.493 e. The first kappa shape index (κ1) is 19.6. The van der Waals surface area contributed by atoms with Crippen molar-refractivity contribution in [3.63, 3.8) is 0 Å². The summed E-state index contributed by atoms with van der Waals surface area (Å²) in [5.41, 5.74) is 3.84. The second-order valence-corrected chi connectivity index (χ2v) is 5.39. The Kier molecular flexibility index (Phi) is 7.07. The second kappa shape index (κ2) is 9.71. The summed E-state index contributed by atoms with van der Waals surface area (Å²) in [6.07, 6.45) is 4.75. The molecule has 0 aliphatic rings. The number of benzene rings is 2. The van der Waals surface area contributed by atoms with Crippen LogP contribution in [0.1, 0.15) is 11.1 Å². The van der Waals surface area contributed by atoms with Gasteiger partial charge in [0, 0.05) is 18.3 Å². The van der Waals surface area contributed by atoms with E-state index >= 15 is 0 Å². The van der Waals surface area contributed by atoms with Gasteiger partial charge in [0.15, 0.2) is 11.5 Å². The van der Waals surface area contributed by atoms with Gasteiger partial charge in [0.2, 0.25) is 5.91 Å². The van der Waals surface area contributed by atoms with Crippen molar-refractivity contribution in [1.82, 2.24) is 5.43 Å². The van der Waals surface area contributed by atoms with Crippen molar-refractivity contribution in [2.24, 2.45) is 5.10 Å². The number of ether oxygens (including phenoxy) is 2. The minimum Gasteiger partial charge on any atom is -0.493 e. The predicted molar refractivity (Wildman–Crippen MR) is 102 cm³/mol. The van der Waals surface area contributed by atoms with Crippen LogP contribution in [-0.2, 0) is 11.2 Å². The van der Waals surface area contributed by atoms with Gasteiger partial charge in [-0.15, -0.1) is 0 Å². The fourth-order valence-electron chi connectivity index (χ4n) is 2.26. The van der Waals surface area contributed by atoms with E-state index in [1.165, 1.54) is 25.5 Å². The summed E-state index contributed by atoms with van der Waals surface area (Å²) in [4.78, 5) is 22.2. The summed E-state index contributed by atoms with van der Waals surface area (Å²) in [6.45, 7) is 0. The van der Waals surface area contributed by atoms with Crippen LogP contribution in [0.25, 0.3) is 6.08 Å². The van der Waals surface area contributed by atoms with Crippen LogP contribution in [0.4, 0.5) is 5.69 Å². The maximum atomic E-state index is 11.9. The number of nitro groups is 1. The molecule has 0 fully saturated rings. The summed E-state index contributed by atoms with van der Waals surface area (Å²) >= 11 is 0. The Morgan fingerprint density at radius 2 is 1.96 bits per heavy atom. The quantitative estimate of drug-likeness (QED) is 0.438. The highest BCUT2D eigenvalue weighted by Crippen LogP contribution is 2.27. The third-order valence-electron chi connectivity index (χ3n) is 3.53. The highest BCUT2D eigenvalue weighted by atomic mass is 16.6. The first-order valence-electron chi connectivity index (χ1n) is 7.97. The molecule has 0 saturated carbocycles. The van der Waals surface area contributed by atoms with E-state index in [2.05, 4.69) is 10.5 Å². The molecule has 0 bridgehead atoms. The maximum Gasteiger partial charge on any atom is 0.270 e. The summed E-state index contributed by atoms with van der Waals surface area (Å²) in [5.74, 6) is 0.847. The van der Waals surface area contributed by atoms with Crippen LogP contribution < -0.4 is 14.9 Å². The van der Waals surface area contributed by atoms with E-state index in [0.717, 1.165) is 5.56 Å². The number of allylic oxidation sites excluding steroid dienone is 1. The van der Waals surface area contributed by atoms with Crippen molar-refractivity contribution >= 4 is 23.9 Å². The van der Waals surface area contributed by atoms with Crippen LogP contribution in [0, 0.1) is 10.1 Å². The molecule has 0 aliphatic carbocycles. The van der Waals surface area contributed by atoms with E-state index in [4.69, 9.17) is 9.47 Å². The molecule has 0 radical (unpaired) electrons. The zero-order valence-electron chi connectivity index (χ0n) is 14.9. The average molecular weight is 369 g/mol. The van der Waals surface area contributed by atoms with Crippen LogP contribution >= 0.6 is 0 Å². The lowest BCUT2D eigenvalue weighted by molar-refractivity contribution is -0.384. The van der Waals surface area contributed by atoms with E-state index in [9.17, 15) is 14.9 Å². The molecule has 2 aromatic carbocycles. The number of non-ortho nitro benzene ring substituents is 1. The Morgan fingerprint density at radius 1 is 1.19 bits per heavy atom. The normalized spacial score (nSPS) is 10.9. The van der Waals surface area contributed by atoms with Crippen molar-refractivity contribution < 1.29 is 19.2 Å². The number of carbonyl (C=O) groups excluding carboxylic acids is 1. The smallest absolute Gasteiger partial charge is 0.270 e. The van der Waals surface area contributed by atoms with Gasteiger partial charge >= 0.3 is 0 Å². The second-order valence-electron chi connectivity index (χ2n) is 5.39. The first-order chi connectivity index (χ1) is 13.0. The summed E-state index contributed by atoms with van der Waals surface area (Å²) < 4.78 is 10.4. The molecule has 0 aromatic heterocycles. The van der Waals surface area contributed by atoms with Gasteiger partial charge in [0.05, 0.1) is 25.6 Å². The topological polar surface area (TPSA) is 103 Å². The highest BCUT2D eigenvalue weighted by molar-refractivity contribution is 5.82. The molecular formula is C19H19N3O5. The Bertz CT molecular complexity index is 877. The monoisotopic (exact) mass is 369 g/mol. The Morgan fingerprint density at radius 3 is 2.67 bits per heavy atom. The van der Waals surface area contributed by atoms with E-state index < -0.39 is 4.92 Å². The third kappa shape index (κ3) is 5.96. The van der Waals surface area contributed by atoms with Gasteiger partial charge in [0.25, 0.3) is 5.69 Å². The molecule has 8 nitrogen and oxygen atoms in total. The minimum atomic E-state index is -0.459. The van der Waals surface area contributed by atoms with Crippen molar-refractivity contribution in [3.8, 4) is 11.5 Å².